The van der Waals surface area contributed by atoms with Crippen LogP contribution in [0.1, 0.15) is 32.9 Å². The van der Waals surface area contributed by atoms with Crippen molar-refractivity contribution in [2.24, 2.45) is 0 Å². The molecule has 17 heavy (non-hydrogen) atoms. The van der Waals surface area contributed by atoms with Crippen LogP contribution < -0.4 is 5.32 Å². The molecule has 4 heteroatoms. The maximum absolute atomic E-state index is 11.4. The summed E-state index contributed by atoms with van der Waals surface area (Å²) in [5.74, 6) is -0.184. The van der Waals surface area contributed by atoms with Gasteiger partial charge in [0.2, 0.25) is 0 Å². The van der Waals surface area contributed by atoms with E-state index < -0.39 is 5.60 Å². The molecule has 0 aromatic carbocycles. The van der Waals surface area contributed by atoms with Crippen molar-refractivity contribution in [2.75, 3.05) is 11.9 Å². The highest BCUT2D eigenvalue weighted by Gasteiger charge is 2.15. The van der Waals surface area contributed by atoms with Crippen molar-refractivity contribution in [3.8, 4) is 0 Å². The quantitative estimate of drug-likeness (QED) is 0.816. The second-order valence-electron chi connectivity index (χ2n) is 4.95. The van der Waals surface area contributed by atoms with Gasteiger partial charge in [-0.25, -0.2) is 0 Å². The first-order chi connectivity index (χ1) is 7.87. The molecule has 0 fully saturated rings. The van der Waals surface area contributed by atoms with E-state index in [0.717, 1.165) is 11.4 Å². The summed E-state index contributed by atoms with van der Waals surface area (Å²) < 4.78 is 5.21. The Morgan fingerprint density at radius 1 is 1.47 bits per heavy atom. The lowest BCUT2D eigenvalue weighted by atomic mass is 10.2. The molecular weight excluding hydrogens is 216 g/mol. The molecule has 0 amide bonds. The second-order valence-corrected chi connectivity index (χ2v) is 4.95. The van der Waals surface area contributed by atoms with Crippen LogP contribution in [0.2, 0.25) is 0 Å². The Morgan fingerprint density at radius 3 is 2.76 bits per heavy atom. The molecule has 4 nitrogen and oxygen atoms in total. The smallest absolute Gasteiger partial charge is 0.308 e. The van der Waals surface area contributed by atoms with Crippen LogP contribution in [0.4, 0.5) is 5.69 Å². The van der Waals surface area contributed by atoms with E-state index in [1.165, 1.54) is 0 Å². The Labute approximate surface area is 102 Å². The molecule has 0 saturated carbocycles. The molecule has 0 aliphatic heterocycles. The van der Waals surface area contributed by atoms with Crippen LogP contribution in [0.15, 0.2) is 18.3 Å². The van der Waals surface area contributed by atoms with Crippen molar-refractivity contribution in [2.45, 2.75) is 39.7 Å². The number of aromatic nitrogens is 1. The van der Waals surface area contributed by atoms with Crippen LogP contribution in [0, 0.1) is 6.92 Å². The maximum atomic E-state index is 11.4. The monoisotopic (exact) mass is 236 g/mol. The molecule has 1 aromatic rings. The fourth-order valence-electron chi connectivity index (χ4n) is 1.36. The zero-order chi connectivity index (χ0) is 12.9. The molecular formula is C13H20N2O2. The number of aryl methyl sites for hydroxylation is 1. The number of hydrogen-bond acceptors (Lipinski definition) is 4. The molecule has 1 N–H and O–H groups in total. The SMILES string of the molecule is Cc1cc(NCCC(=O)OC(C)(C)C)ccn1. The van der Waals surface area contributed by atoms with Crippen molar-refractivity contribution < 1.29 is 9.53 Å². The third-order valence-electron chi connectivity index (χ3n) is 1.97. The van der Waals surface area contributed by atoms with Gasteiger partial charge in [0.15, 0.2) is 0 Å². The number of ether oxygens (including phenoxy) is 1. The summed E-state index contributed by atoms with van der Waals surface area (Å²) in [5.41, 5.74) is 1.51. The van der Waals surface area contributed by atoms with Gasteiger partial charge in [0, 0.05) is 24.1 Å². The number of pyridine rings is 1. The van der Waals surface area contributed by atoms with Crippen molar-refractivity contribution in [3.05, 3.63) is 24.0 Å². The van der Waals surface area contributed by atoms with Crippen molar-refractivity contribution in [1.29, 1.82) is 0 Å². The van der Waals surface area contributed by atoms with Crippen molar-refractivity contribution in [1.82, 2.24) is 4.98 Å². The van der Waals surface area contributed by atoms with Crippen LogP contribution in [0.25, 0.3) is 0 Å². The summed E-state index contributed by atoms with van der Waals surface area (Å²) in [6, 6.07) is 3.82. The molecule has 1 aromatic heterocycles. The van der Waals surface area contributed by atoms with Gasteiger partial charge in [0.05, 0.1) is 6.42 Å². The van der Waals surface area contributed by atoms with Crippen molar-refractivity contribution in [3.63, 3.8) is 0 Å². The topological polar surface area (TPSA) is 51.2 Å². The molecule has 0 bridgehead atoms. The lowest BCUT2D eigenvalue weighted by Gasteiger charge is -2.19. The third-order valence-corrected chi connectivity index (χ3v) is 1.97. The predicted octanol–water partition coefficient (Wildman–Crippen LogP) is 2.53. The van der Waals surface area contributed by atoms with Gasteiger partial charge in [-0.05, 0) is 39.8 Å². The van der Waals surface area contributed by atoms with Gasteiger partial charge in [0.25, 0.3) is 0 Å². The van der Waals surface area contributed by atoms with E-state index >= 15 is 0 Å². The highest BCUT2D eigenvalue weighted by Crippen LogP contribution is 2.09. The van der Waals surface area contributed by atoms with Gasteiger partial charge >= 0.3 is 5.97 Å². The fraction of sp³-hybridized carbons (Fsp3) is 0.538. The summed E-state index contributed by atoms with van der Waals surface area (Å²) in [6.07, 6.45) is 2.10. The molecule has 0 radical (unpaired) electrons. The van der Waals surface area contributed by atoms with E-state index in [2.05, 4.69) is 10.3 Å². The van der Waals surface area contributed by atoms with E-state index in [9.17, 15) is 4.79 Å². The average Bonchev–Trinajstić information content (AvgIpc) is 2.14. The van der Waals surface area contributed by atoms with Gasteiger partial charge in [-0.3, -0.25) is 9.78 Å². The zero-order valence-corrected chi connectivity index (χ0v) is 10.9. The summed E-state index contributed by atoms with van der Waals surface area (Å²) >= 11 is 0. The minimum Gasteiger partial charge on any atom is -0.460 e. The van der Waals surface area contributed by atoms with Gasteiger partial charge in [-0.2, -0.15) is 0 Å². The first kappa shape index (κ1) is 13.5. The van der Waals surface area contributed by atoms with Gasteiger partial charge in [-0.15, -0.1) is 0 Å². The van der Waals surface area contributed by atoms with E-state index in [1.54, 1.807) is 6.20 Å². The summed E-state index contributed by atoms with van der Waals surface area (Å²) in [4.78, 5) is 15.5. The van der Waals surface area contributed by atoms with Crippen molar-refractivity contribution >= 4 is 11.7 Å². The lowest BCUT2D eigenvalue weighted by Crippen LogP contribution is -2.25. The Balaban J connectivity index is 2.31. The number of nitrogens with one attached hydrogen (secondary N) is 1. The molecule has 0 aliphatic carbocycles. The third kappa shape index (κ3) is 5.90. The molecule has 0 saturated heterocycles. The standard InChI is InChI=1S/C13H20N2O2/c1-10-9-11(5-7-14-10)15-8-6-12(16)17-13(2,3)4/h5,7,9H,6,8H2,1-4H3,(H,14,15). The average molecular weight is 236 g/mol. The number of nitrogens with zero attached hydrogens (tertiary/aromatic N) is 1. The van der Waals surface area contributed by atoms with Crippen LogP contribution in [0.5, 0.6) is 0 Å². The Kier molecular flexibility index (Phi) is 4.49. The molecule has 94 valence electrons. The Hall–Kier alpha value is -1.58. The number of rotatable bonds is 4. The first-order valence-corrected chi connectivity index (χ1v) is 5.75. The molecule has 0 spiro atoms. The number of esters is 1. The van der Waals surface area contributed by atoms with E-state index in [-0.39, 0.29) is 5.97 Å². The highest BCUT2D eigenvalue weighted by molar-refractivity contribution is 5.70. The molecule has 1 heterocycles. The van der Waals surface area contributed by atoms with E-state index in [4.69, 9.17) is 4.74 Å². The van der Waals surface area contributed by atoms with Gasteiger partial charge < -0.3 is 10.1 Å². The molecule has 0 atom stereocenters. The Bertz CT molecular complexity index is 383. The molecule has 1 rings (SSSR count). The zero-order valence-electron chi connectivity index (χ0n) is 10.9. The van der Waals surface area contributed by atoms with Gasteiger partial charge in [0.1, 0.15) is 5.60 Å². The predicted molar refractivity (Wildman–Crippen MR) is 67.9 cm³/mol. The molecule has 0 unspecified atom stereocenters. The lowest BCUT2D eigenvalue weighted by molar-refractivity contribution is -0.154. The minimum absolute atomic E-state index is 0.184. The number of hydrogen-bond donors (Lipinski definition) is 1. The normalized spacial score (nSPS) is 11.1. The van der Waals surface area contributed by atoms with Crippen LogP contribution in [-0.4, -0.2) is 23.1 Å². The number of anilines is 1. The second kappa shape index (κ2) is 5.66. The summed E-state index contributed by atoms with van der Waals surface area (Å²) in [5, 5.41) is 3.16. The number of carbonyl (C=O) groups excluding carboxylic acids is 1. The maximum Gasteiger partial charge on any atom is 0.308 e. The van der Waals surface area contributed by atoms with Crippen LogP contribution in [-0.2, 0) is 9.53 Å². The summed E-state index contributed by atoms with van der Waals surface area (Å²) in [6.45, 7) is 8.09. The molecule has 0 aliphatic rings. The van der Waals surface area contributed by atoms with Crippen LogP contribution in [0.3, 0.4) is 0 Å². The minimum atomic E-state index is -0.412. The summed E-state index contributed by atoms with van der Waals surface area (Å²) in [7, 11) is 0. The van der Waals surface area contributed by atoms with E-state index in [0.29, 0.717) is 13.0 Å². The fourth-order valence-corrected chi connectivity index (χ4v) is 1.36. The highest BCUT2D eigenvalue weighted by atomic mass is 16.6. The first-order valence-electron chi connectivity index (χ1n) is 5.75. The largest absolute Gasteiger partial charge is 0.460 e. The Morgan fingerprint density at radius 2 is 2.18 bits per heavy atom. The van der Waals surface area contributed by atoms with Gasteiger partial charge in [-0.1, -0.05) is 0 Å². The van der Waals surface area contributed by atoms with E-state index in [1.807, 2.05) is 39.8 Å². The number of carbonyl (C=O) groups is 1. The van der Waals surface area contributed by atoms with Crippen LogP contribution >= 0.6 is 0 Å².